The summed E-state index contributed by atoms with van der Waals surface area (Å²) >= 11 is 11.3. The van der Waals surface area contributed by atoms with Gasteiger partial charge < -0.3 is 16.0 Å². The molecule has 0 fully saturated rings. The van der Waals surface area contributed by atoms with Gasteiger partial charge in [0.25, 0.3) is 0 Å². The Hall–Kier alpha value is -0.800. The summed E-state index contributed by atoms with van der Waals surface area (Å²) in [4.78, 5) is 0. The third-order valence-electron chi connectivity index (χ3n) is 1.56. The normalized spacial score (nSPS) is 15.9. The Bertz CT molecular complexity index is 397. The van der Waals surface area contributed by atoms with Gasteiger partial charge >= 0.3 is 0 Å². The van der Waals surface area contributed by atoms with Gasteiger partial charge in [-0.1, -0.05) is 23.2 Å². The molecule has 12 heavy (non-hydrogen) atoms. The van der Waals surface area contributed by atoms with Crippen LogP contribution in [0.4, 0.5) is 0 Å². The predicted molar refractivity (Wildman–Crippen MR) is 51.6 cm³/mol. The molecule has 0 saturated carbocycles. The molecular formula is C7H9Cl2N3. The van der Waals surface area contributed by atoms with Crippen molar-refractivity contribution in [2.24, 2.45) is 18.5 Å². The van der Waals surface area contributed by atoms with Crippen LogP contribution in [0.15, 0.2) is 12.3 Å². The number of nitrogens with zero attached hydrogens (tertiary/aromatic N) is 1. The van der Waals surface area contributed by atoms with Crippen LogP contribution >= 0.6 is 23.2 Å². The van der Waals surface area contributed by atoms with Crippen molar-refractivity contribution in [1.29, 1.82) is 0 Å². The lowest BCUT2D eigenvalue weighted by Gasteiger charge is -1.92. The van der Waals surface area contributed by atoms with Crippen molar-refractivity contribution >= 4 is 33.5 Å². The van der Waals surface area contributed by atoms with Crippen LogP contribution in [0.25, 0.3) is 10.3 Å². The lowest BCUT2D eigenvalue weighted by Crippen LogP contribution is -2.33. The summed E-state index contributed by atoms with van der Waals surface area (Å²) in [6, 6.07) is 1.76. The lowest BCUT2D eigenvalue weighted by molar-refractivity contribution is 0.884. The van der Waals surface area contributed by atoms with Gasteiger partial charge in [-0.05, 0) is 6.07 Å². The predicted octanol–water partition coefficient (Wildman–Crippen LogP) is -0.449. The smallest absolute Gasteiger partial charge is 0.124 e. The summed E-state index contributed by atoms with van der Waals surface area (Å²) in [5, 5.41) is 1.67. The highest BCUT2D eigenvalue weighted by atomic mass is 35.5. The topological polar surface area (TPSA) is 57.0 Å². The van der Waals surface area contributed by atoms with E-state index in [2.05, 4.69) is 0 Å². The van der Waals surface area contributed by atoms with Crippen LogP contribution in [-0.2, 0) is 7.05 Å². The molecule has 0 aromatic carbocycles. The summed E-state index contributed by atoms with van der Waals surface area (Å²) in [5.41, 5.74) is 10.8. The molecule has 0 bridgehead atoms. The summed E-state index contributed by atoms with van der Waals surface area (Å²) in [6.07, 6.45) is 1.79. The molecule has 1 heterocycles. The van der Waals surface area contributed by atoms with Gasteiger partial charge in [0, 0.05) is 18.5 Å². The first-order chi connectivity index (χ1) is 5.54. The minimum Gasteiger partial charge on any atom is -0.389 e. The van der Waals surface area contributed by atoms with E-state index in [0.717, 1.165) is 0 Å². The Morgan fingerprint density at radius 2 is 1.92 bits per heavy atom. The molecule has 0 aliphatic heterocycles. The van der Waals surface area contributed by atoms with Crippen molar-refractivity contribution in [2.75, 3.05) is 0 Å². The first-order valence-corrected chi connectivity index (χ1v) is 4.01. The van der Waals surface area contributed by atoms with E-state index in [4.69, 9.17) is 34.7 Å². The Kier molecular flexibility index (Phi) is 2.55. The maximum Gasteiger partial charge on any atom is 0.124 e. The molecule has 0 aliphatic rings. The standard InChI is InChI=1S/C7H9Cl2N3/c1-12-3-2-4(6(8)10)5(12)7(9)11/h2-3H,10-11H2,1H3/b6-4-,7-5+. The van der Waals surface area contributed by atoms with E-state index in [9.17, 15) is 0 Å². The monoisotopic (exact) mass is 205 g/mol. The van der Waals surface area contributed by atoms with Crippen molar-refractivity contribution in [3.63, 3.8) is 0 Å². The number of aromatic nitrogens is 1. The van der Waals surface area contributed by atoms with Crippen LogP contribution in [0.5, 0.6) is 0 Å². The van der Waals surface area contributed by atoms with Gasteiger partial charge in [-0.25, -0.2) is 0 Å². The summed E-state index contributed by atoms with van der Waals surface area (Å²) in [6.45, 7) is 0. The molecule has 1 aromatic rings. The molecule has 0 atom stereocenters. The van der Waals surface area contributed by atoms with E-state index in [-0.39, 0.29) is 10.3 Å². The molecule has 3 nitrogen and oxygen atoms in total. The molecule has 0 unspecified atom stereocenters. The third kappa shape index (κ3) is 1.52. The first kappa shape index (κ1) is 9.29. The fourth-order valence-electron chi connectivity index (χ4n) is 1.02. The van der Waals surface area contributed by atoms with Gasteiger partial charge in [-0.3, -0.25) is 0 Å². The Labute approximate surface area is 79.9 Å². The van der Waals surface area contributed by atoms with Gasteiger partial charge in [-0.2, -0.15) is 0 Å². The largest absolute Gasteiger partial charge is 0.389 e. The van der Waals surface area contributed by atoms with Crippen molar-refractivity contribution in [2.45, 2.75) is 0 Å². The first-order valence-electron chi connectivity index (χ1n) is 3.26. The van der Waals surface area contributed by atoms with Crippen molar-refractivity contribution in [3.8, 4) is 0 Å². The van der Waals surface area contributed by atoms with Crippen molar-refractivity contribution in [3.05, 3.63) is 22.8 Å². The highest BCUT2D eigenvalue weighted by Crippen LogP contribution is 1.89. The summed E-state index contributed by atoms with van der Waals surface area (Å²) < 4.78 is 1.76. The second-order valence-corrected chi connectivity index (χ2v) is 3.20. The molecule has 0 saturated heterocycles. The van der Waals surface area contributed by atoms with Crippen molar-refractivity contribution in [1.82, 2.24) is 4.57 Å². The Morgan fingerprint density at radius 3 is 2.25 bits per heavy atom. The van der Waals surface area contributed by atoms with Gasteiger partial charge in [0.2, 0.25) is 0 Å². The van der Waals surface area contributed by atoms with Crippen LogP contribution < -0.4 is 22.0 Å². The number of halogens is 2. The van der Waals surface area contributed by atoms with Crippen LogP contribution in [-0.4, -0.2) is 4.57 Å². The van der Waals surface area contributed by atoms with E-state index in [0.29, 0.717) is 10.6 Å². The minimum atomic E-state index is 0.182. The number of aryl methyl sites for hydroxylation is 1. The Balaban J connectivity index is 3.80. The molecular weight excluding hydrogens is 197 g/mol. The van der Waals surface area contributed by atoms with E-state index in [1.54, 1.807) is 16.8 Å². The third-order valence-corrected chi connectivity index (χ3v) is 1.94. The molecule has 0 aliphatic carbocycles. The zero-order chi connectivity index (χ0) is 9.30. The van der Waals surface area contributed by atoms with Gasteiger partial charge in [0.1, 0.15) is 10.3 Å². The van der Waals surface area contributed by atoms with Crippen LogP contribution in [0.2, 0.25) is 0 Å². The second kappa shape index (κ2) is 3.29. The number of hydrogen-bond donors (Lipinski definition) is 2. The highest BCUT2D eigenvalue weighted by molar-refractivity contribution is 6.45. The minimum absolute atomic E-state index is 0.182. The highest BCUT2D eigenvalue weighted by Gasteiger charge is 1.97. The number of rotatable bonds is 0. The maximum atomic E-state index is 5.65. The fraction of sp³-hybridized carbons (Fsp3) is 0.143. The molecule has 4 N–H and O–H groups in total. The number of nitrogens with two attached hydrogens (primary N) is 2. The molecule has 0 amide bonds. The average molecular weight is 206 g/mol. The SMILES string of the molecule is Cn1ccc(=C(/N)Cl)/c1=C(\N)Cl. The maximum absolute atomic E-state index is 5.65. The number of hydrogen-bond acceptors (Lipinski definition) is 2. The van der Waals surface area contributed by atoms with Crippen molar-refractivity contribution < 1.29 is 0 Å². The zero-order valence-electron chi connectivity index (χ0n) is 6.51. The second-order valence-electron chi connectivity index (χ2n) is 2.38. The van der Waals surface area contributed by atoms with Crippen LogP contribution in [0.1, 0.15) is 0 Å². The molecule has 5 heteroatoms. The lowest BCUT2D eigenvalue weighted by atomic mass is 10.4. The fourth-order valence-corrected chi connectivity index (χ4v) is 1.41. The average Bonchev–Trinajstić information content (AvgIpc) is 2.30. The molecule has 1 rings (SSSR count). The van der Waals surface area contributed by atoms with Crippen LogP contribution in [0, 0.1) is 0 Å². The summed E-state index contributed by atoms with van der Waals surface area (Å²) in [5.74, 6) is 0. The zero-order valence-corrected chi connectivity index (χ0v) is 8.02. The van der Waals surface area contributed by atoms with Crippen LogP contribution in [0.3, 0.4) is 0 Å². The molecule has 0 radical (unpaired) electrons. The molecule has 0 spiro atoms. The molecule has 66 valence electrons. The quantitative estimate of drug-likeness (QED) is 0.565. The van der Waals surface area contributed by atoms with Gasteiger partial charge in [0.05, 0.1) is 5.35 Å². The van der Waals surface area contributed by atoms with E-state index >= 15 is 0 Å². The summed E-state index contributed by atoms with van der Waals surface area (Å²) in [7, 11) is 1.81. The molecule has 1 aromatic heterocycles. The van der Waals surface area contributed by atoms with E-state index < -0.39 is 0 Å². The van der Waals surface area contributed by atoms with E-state index in [1.807, 2.05) is 7.05 Å². The van der Waals surface area contributed by atoms with Gasteiger partial charge in [0.15, 0.2) is 0 Å². The van der Waals surface area contributed by atoms with Gasteiger partial charge in [-0.15, -0.1) is 0 Å². The van der Waals surface area contributed by atoms with E-state index in [1.165, 1.54) is 0 Å². The Morgan fingerprint density at radius 1 is 1.33 bits per heavy atom.